The number of aliphatic hydroxyl groups is 1. The van der Waals surface area contributed by atoms with Gasteiger partial charge in [-0.1, -0.05) is 23.9 Å². The van der Waals surface area contributed by atoms with E-state index in [1.807, 2.05) is 18.2 Å². The minimum Gasteiger partial charge on any atom is -0.467 e. The molecule has 0 aliphatic carbocycles. The summed E-state index contributed by atoms with van der Waals surface area (Å²) in [6, 6.07) is 7.29. The molecular weight excluding hydrogens is 296 g/mol. The Kier molecular flexibility index (Phi) is 5.18. The van der Waals surface area contributed by atoms with Gasteiger partial charge in [0, 0.05) is 0 Å². The Balaban J connectivity index is 1.80. The second kappa shape index (κ2) is 7.09. The van der Waals surface area contributed by atoms with Gasteiger partial charge in [-0.05, 0) is 12.1 Å². The van der Waals surface area contributed by atoms with E-state index in [2.05, 4.69) is 15.0 Å². The fraction of sp³-hybridized carbons (Fsp3) is 0.308. The third kappa shape index (κ3) is 4.20. The molecule has 0 bridgehead atoms. The van der Waals surface area contributed by atoms with Crippen LogP contribution in [0.2, 0.25) is 0 Å². The summed E-state index contributed by atoms with van der Waals surface area (Å²) in [5.74, 6) is -1.06. The molecule has 0 fully saturated rings. The van der Waals surface area contributed by atoms with Gasteiger partial charge in [0.25, 0.3) is 5.22 Å². The number of methoxy groups -OCH3 is 1. The van der Waals surface area contributed by atoms with Gasteiger partial charge in [-0.15, -0.1) is 0 Å². The highest BCUT2D eigenvalue weighted by Crippen LogP contribution is 2.22. The number of esters is 1. The number of hydrogen-bond acceptors (Lipinski definition) is 7. The molecule has 0 aliphatic rings. The monoisotopic (exact) mass is 310 g/mol. The van der Waals surface area contributed by atoms with E-state index >= 15 is 0 Å². The van der Waals surface area contributed by atoms with Crippen molar-refractivity contribution >= 4 is 34.7 Å². The largest absolute Gasteiger partial charge is 0.467 e. The van der Waals surface area contributed by atoms with E-state index in [1.54, 1.807) is 6.07 Å². The van der Waals surface area contributed by atoms with Gasteiger partial charge in [-0.25, -0.2) is 9.78 Å². The van der Waals surface area contributed by atoms with Gasteiger partial charge >= 0.3 is 5.97 Å². The maximum absolute atomic E-state index is 11.6. The number of hydrogen-bond donors (Lipinski definition) is 2. The summed E-state index contributed by atoms with van der Waals surface area (Å²) in [4.78, 5) is 26.7. The van der Waals surface area contributed by atoms with Gasteiger partial charge in [-0.3, -0.25) is 4.79 Å². The van der Waals surface area contributed by atoms with E-state index in [-0.39, 0.29) is 18.2 Å². The third-order valence-corrected chi connectivity index (χ3v) is 3.39. The lowest BCUT2D eigenvalue weighted by atomic mass is 10.3. The number of aromatic nitrogens is 1. The molecule has 1 aromatic carbocycles. The molecule has 21 heavy (non-hydrogen) atoms. The maximum Gasteiger partial charge on any atom is 0.336 e. The number of amides is 1. The van der Waals surface area contributed by atoms with E-state index in [0.29, 0.717) is 10.8 Å². The Morgan fingerprint density at radius 3 is 2.95 bits per heavy atom. The minimum absolute atomic E-state index is 0.0702. The Bertz CT molecular complexity index is 609. The smallest absolute Gasteiger partial charge is 0.336 e. The molecule has 0 aliphatic heterocycles. The topological polar surface area (TPSA) is 102 Å². The normalized spacial score (nSPS) is 12.1. The number of fused-ring (bicyclic) bond motifs is 1. The Morgan fingerprint density at radius 1 is 1.48 bits per heavy atom. The highest BCUT2D eigenvalue weighted by atomic mass is 32.2. The minimum atomic E-state index is -1.37. The zero-order chi connectivity index (χ0) is 15.2. The number of thioether (sulfide) groups is 1. The van der Waals surface area contributed by atoms with E-state index in [4.69, 9.17) is 4.42 Å². The summed E-state index contributed by atoms with van der Waals surface area (Å²) in [6.45, 7) is -0.195. The Labute approximate surface area is 124 Å². The van der Waals surface area contributed by atoms with Crippen LogP contribution in [0.1, 0.15) is 0 Å². The first-order chi connectivity index (χ1) is 10.1. The highest BCUT2D eigenvalue weighted by molar-refractivity contribution is 7.99. The average Bonchev–Trinajstić information content (AvgIpc) is 2.92. The number of para-hydroxylation sites is 2. The van der Waals surface area contributed by atoms with E-state index in [0.717, 1.165) is 24.4 Å². The molecule has 1 amide bonds. The predicted molar refractivity (Wildman–Crippen MR) is 75.8 cm³/mol. The molecule has 112 valence electrons. The van der Waals surface area contributed by atoms with Crippen molar-refractivity contribution in [2.75, 3.05) is 19.4 Å². The van der Waals surface area contributed by atoms with Crippen molar-refractivity contribution in [2.45, 2.75) is 11.3 Å². The molecule has 1 atom stereocenters. The lowest BCUT2D eigenvalue weighted by molar-refractivity contribution is -0.150. The van der Waals surface area contributed by atoms with Crippen LogP contribution in [0.25, 0.3) is 11.1 Å². The Hall–Kier alpha value is -2.06. The number of nitrogens with one attached hydrogen (secondary N) is 1. The van der Waals surface area contributed by atoms with E-state index in [1.165, 1.54) is 0 Å². The molecule has 2 aromatic rings. The first-order valence-electron chi connectivity index (χ1n) is 6.11. The summed E-state index contributed by atoms with van der Waals surface area (Å²) in [6.07, 6.45) is -1.37. The molecule has 2 rings (SSSR count). The number of ether oxygens (including phenoxy) is 1. The van der Waals surface area contributed by atoms with Crippen LogP contribution < -0.4 is 5.32 Å². The van der Waals surface area contributed by atoms with Crippen molar-refractivity contribution < 1.29 is 23.8 Å². The molecule has 0 radical (unpaired) electrons. The van der Waals surface area contributed by atoms with Crippen molar-refractivity contribution in [3.8, 4) is 0 Å². The molecule has 8 heteroatoms. The fourth-order valence-corrected chi connectivity index (χ4v) is 2.19. The van der Waals surface area contributed by atoms with Crippen LogP contribution in [0, 0.1) is 0 Å². The second-order valence-electron chi connectivity index (χ2n) is 4.08. The van der Waals surface area contributed by atoms with Gasteiger partial charge in [0.05, 0.1) is 19.4 Å². The molecule has 0 saturated carbocycles. The van der Waals surface area contributed by atoms with Gasteiger partial charge in [0.15, 0.2) is 11.7 Å². The van der Waals surface area contributed by atoms with Gasteiger partial charge in [0.1, 0.15) is 5.52 Å². The van der Waals surface area contributed by atoms with Crippen LogP contribution in [0.15, 0.2) is 33.9 Å². The van der Waals surface area contributed by atoms with Gasteiger partial charge in [-0.2, -0.15) is 0 Å². The van der Waals surface area contributed by atoms with Crippen molar-refractivity contribution in [1.29, 1.82) is 0 Å². The fourth-order valence-electron chi connectivity index (χ4n) is 1.52. The summed E-state index contributed by atoms with van der Waals surface area (Å²) in [5, 5.41) is 12.1. The SMILES string of the molecule is COC(=O)C(O)CNC(=O)CSc1nc2ccccc2o1. The van der Waals surface area contributed by atoms with Crippen molar-refractivity contribution in [3.63, 3.8) is 0 Å². The number of aliphatic hydroxyl groups excluding tert-OH is 1. The predicted octanol–water partition coefficient (Wildman–Crippen LogP) is 0.570. The zero-order valence-corrected chi connectivity index (χ0v) is 12.1. The van der Waals surface area contributed by atoms with E-state index < -0.39 is 12.1 Å². The summed E-state index contributed by atoms with van der Waals surface area (Å²) >= 11 is 1.13. The standard InChI is InChI=1S/C13H14N2O5S/c1-19-12(18)9(16)6-14-11(17)7-21-13-15-8-4-2-3-5-10(8)20-13/h2-5,9,16H,6-7H2,1H3,(H,14,17). The van der Waals surface area contributed by atoms with Crippen molar-refractivity contribution in [3.05, 3.63) is 24.3 Å². The first-order valence-corrected chi connectivity index (χ1v) is 7.09. The van der Waals surface area contributed by atoms with Gasteiger partial charge in [0.2, 0.25) is 5.91 Å². The number of nitrogens with zero attached hydrogens (tertiary/aromatic N) is 1. The summed E-state index contributed by atoms with van der Waals surface area (Å²) in [5.41, 5.74) is 1.38. The lowest BCUT2D eigenvalue weighted by Gasteiger charge is -2.08. The summed E-state index contributed by atoms with van der Waals surface area (Å²) in [7, 11) is 1.16. The first kappa shape index (κ1) is 15.3. The number of carbonyl (C=O) groups excluding carboxylic acids is 2. The number of oxazole rings is 1. The molecule has 1 unspecified atom stereocenters. The molecular formula is C13H14N2O5S. The molecule has 1 aromatic heterocycles. The van der Waals surface area contributed by atoms with Crippen LogP contribution in [-0.2, 0) is 14.3 Å². The highest BCUT2D eigenvalue weighted by Gasteiger charge is 2.16. The van der Waals surface area contributed by atoms with E-state index in [9.17, 15) is 14.7 Å². The average molecular weight is 310 g/mol. The number of benzene rings is 1. The number of carbonyl (C=O) groups is 2. The zero-order valence-electron chi connectivity index (χ0n) is 11.2. The maximum atomic E-state index is 11.6. The van der Waals surface area contributed by atoms with Gasteiger partial charge < -0.3 is 19.6 Å². The molecule has 1 heterocycles. The van der Waals surface area contributed by atoms with Crippen LogP contribution in [0.3, 0.4) is 0 Å². The van der Waals surface area contributed by atoms with Crippen molar-refractivity contribution in [2.24, 2.45) is 0 Å². The number of rotatable bonds is 6. The second-order valence-corrected chi connectivity index (χ2v) is 5.01. The Morgan fingerprint density at radius 2 is 2.24 bits per heavy atom. The molecule has 0 spiro atoms. The van der Waals surface area contributed by atoms with Crippen LogP contribution >= 0.6 is 11.8 Å². The van der Waals surface area contributed by atoms with Crippen LogP contribution in [-0.4, -0.2) is 47.5 Å². The van der Waals surface area contributed by atoms with Crippen molar-refractivity contribution in [1.82, 2.24) is 10.3 Å². The quantitative estimate of drug-likeness (QED) is 0.594. The summed E-state index contributed by atoms with van der Waals surface area (Å²) < 4.78 is 9.78. The molecule has 7 nitrogen and oxygen atoms in total. The van der Waals surface area contributed by atoms with Crippen LogP contribution in [0.4, 0.5) is 0 Å². The molecule has 2 N–H and O–H groups in total. The molecule has 0 saturated heterocycles. The third-order valence-electron chi connectivity index (χ3n) is 2.57. The van der Waals surface area contributed by atoms with Crippen LogP contribution in [0.5, 0.6) is 0 Å². The lowest BCUT2D eigenvalue weighted by Crippen LogP contribution is -2.37.